The van der Waals surface area contributed by atoms with Gasteiger partial charge in [0.25, 0.3) is 0 Å². The highest BCUT2D eigenvalue weighted by Gasteiger charge is 2.05. The Morgan fingerprint density at radius 3 is 1.36 bits per heavy atom. The molecular weight excluding hydrogens is 302 g/mol. The van der Waals surface area contributed by atoms with Crippen molar-refractivity contribution in [3.05, 3.63) is 30.3 Å². The van der Waals surface area contributed by atoms with Crippen LogP contribution in [0.3, 0.4) is 0 Å². The van der Waals surface area contributed by atoms with Crippen molar-refractivity contribution in [2.24, 2.45) is 0 Å². The Kier molecular flexibility index (Phi) is 14.5. The second-order valence-electron chi connectivity index (χ2n) is 7.57. The molecule has 0 aromatic heterocycles. The van der Waals surface area contributed by atoms with Crippen LogP contribution in [-0.2, 0) is 0 Å². The summed E-state index contributed by atoms with van der Waals surface area (Å²) in [5.41, 5.74) is 1.42. The van der Waals surface area contributed by atoms with Gasteiger partial charge in [0.05, 0.1) is 0 Å². The molecule has 1 aromatic carbocycles. The zero-order valence-electron chi connectivity index (χ0n) is 17.1. The monoisotopic (exact) mass is 345 g/mol. The molecule has 0 radical (unpaired) electrons. The molecule has 0 fully saturated rings. The first-order valence-corrected chi connectivity index (χ1v) is 11.2. The normalized spacial score (nSPS) is 11.0. The summed E-state index contributed by atoms with van der Waals surface area (Å²) in [5, 5.41) is 0. The van der Waals surface area contributed by atoms with Crippen LogP contribution in [0.15, 0.2) is 30.3 Å². The lowest BCUT2D eigenvalue weighted by Crippen LogP contribution is -2.25. The predicted molar refractivity (Wildman–Crippen MR) is 115 cm³/mol. The third-order valence-corrected chi connectivity index (χ3v) is 5.18. The molecule has 0 saturated heterocycles. The average Bonchev–Trinajstić information content (AvgIpc) is 2.65. The van der Waals surface area contributed by atoms with Crippen molar-refractivity contribution in [3.63, 3.8) is 0 Å². The molecular formula is C24H43N. The predicted octanol–water partition coefficient (Wildman–Crippen LogP) is 7.99. The smallest absolute Gasteiger partial charge is 0.0366 e. The zero-order chi connectivity index (χ0) is 18.0. The van der Waals surface area contributed by atoms with Gasteiger partial charge in [0, 0.05) is 18.8 Å². The Hall–Kier alpha value is -0.980. The molecule has 1 heteroatoms. The molecule has 0 bridgehead atoms. The first-order chi connectivity index (χ1) is 12.4. The summed E-state index contributed by atoms with van der Waals surface area (Å²) in [4.78, 5) is 2.62. The molecule has 0 aliphatic carbocycles. The zero-order valence-corrected chi connectivity index (χ0v) is 17.1. The van der Waals surface area contributed by atoms with E-state index in [1.54, 1.807) is 0 Å². The molecule has 25 heavy (non-hydrogen) atoms. The van der Waals surface area contributed by atoms with Crippen molar-refractivity contribution in [2.45, 2.75) is 104 Å². The molecule has 0 N–H and O–H groups in total. The minimum Gasteiger partial charge on any atom is -0.372 e. The second-order valence-corrected chi connectivity index (χ2v) is 7.57. The molecule has 1 rings (SSSR count). The molecule has 0 amide bonds. The van der Waals surface area contributed by atoms with E-state index in [1.165, 1.54) is 109 Å². The SMILES string of the molecule is CCCCCCCCCCN(CCCCCCCC)c1ccccc1. The van der Waals surface area contributed by atoms with Gasteiger partial charge >= 0.3 is 0 Å². The standard InChI is InChI=1S/C24H43N/c1-3-5-7-9-11-12-14-19-23-25(24-20-16-15-17-21-24)22-18-13-10-8-6-4-2/h15-17,20-21H,3-14,18-19,22-23H2,1-2H3. The van der Waals surface area contributed by atoms with Crippen LogP contribution in [0.25, 0.3) is 0 Å². The third-order valence-electron chi connectivity index (χ3n) is 5.18. The van der Waals surface area contributed by atoms with E-state index in [4.69, 9.17) is 0 Å². The van der Waals surface area contributed by atoms with Crippen LogP contribution < -0.4 is 4.90 Å². The van der Waals surface area contributed by atoms with Crippen molar-refractivity contribution in [1.82, 2.24) is 0 Å². The molecule has 0 atom stereocenters. The number of hydrogen-bond acceptors (Lipinski definition) is 1. The van der Waals surface area contributed by atoms with E-state index in [1.807, 2.05) is 0 Å². The van der Waals surface area contributed by atoms with E-state index in [0.717, 1.165) is 0 Å². The Balaban J connectivity index is 2.20. The van der Waals surface area contributed by atoms with Crippen LogP contribution in [0.2, 0.25) is 0 Å². The Morgan fingerprint density at radius 1 is 0.520 bits per heavy atom. The van der Waals surface area contributed by atoms with Crippen molar-refractivity contribution >= 4 is 5.69 Å². The van der Waals surface area contributed by atoms with Gasteiger partial charge in [-0.3, -0.25) is 0 Å². The van der Waals surface area contributed by atoms with E-state index in [0.29, 0.717) is 0 Å². The number of anilines is 1. The van der Waals surface area contributed by atoms with Gasteiger partial charge in [0.15, 0.2) is 0 Å². The summed E-state index contributed by atoms with van der Waals surface area (Å²) in [5.74, 6) is 0. The fourth-order valence-corrected chi connectivity index (χ4v) is 3.53. The van der Waals surface area contributed by atoms with Gasteiger partial charge < -0.3 is 4.90 Å². The maximum Gasteiger partial charge on any atom is 0.0366 e. The summed E-state index contributed by atoms with van der Waals surface area (Å²) >= 11 is 0. The number of benzene rings is 1. The fraction of sp³-hybridized carbons (Fsp3) is 0.750. The summed E-state index contributed by atoms with van der Waals surface area (Å²) in [6, 6.07) is 11.0. The van der Waals surface area contributed by atoms with Crippen molar-refractivity contribution in [2.75, 3.05) is 18.0 Å². The number of nitrogens with zero attached hydrogens (tertiary/aromatic N) is 1. The summed E-state index contributed by atoms with van der Waals surface area (Å²) < 4.78 is 0. The molecule has 1 aromatic rings. The van der Waals surface area contributed by atoms with E-state index < -0.39 is 0 Å². The van der Waals surface area contributed by atoms with Crippen LogP contribution in [0.5, 0.6) is 0 Å². The number of para-hydroxylation sites is 1. The number of unbranched alkanes of at least 4 members (excludes halogenated alkanes) is 12. The van der Waals surface area contributed by atoms with E-state index >= 15 is 0 Å². The highest BCUT2D eigenvalue weighted by Crippen LogP contribution is 2.17. The van der Waals surface area contributed by atoms with Crippen molar-refractivity contribution < 1.29 is 0 Å². The molecule has 0 heterocycles. The van der Waals surface area contributed by atoms with E-state index in [9.17, 15) is 0 Å². The Labute approximate surface area is 158 Å². The maximum absolute atomic E-state index is 2.62. The topological polar surface area (TPSA) is 3.24 Å². The van der Waals surface area contributed by atoms with Gasteiger partial charge in [-0.05, 0) is 25.0 Å². The summed E-state index contributed by atoms with van der Waals surface area (Å²) in [6.07, 6.45) is 19.5. The quantitative estimate of drug-likeness (QED) is 0.258. The lowest BCUT2D eigenvalue weighted by molar-refractivity contribution is 0.561. The number of rotatable bonds is 17. The first-order valence-electron chi connectivity index (χ1n) is 11.2. The molecule has 0 unspecified atom stereocenters. The van der Waals surface area contributed by atoms with Gasteiger partial charge in [-0.15, -0.1) is 0 Å². The highest BCUT2D eigenvalue weighted by atomic mass is 15.1. The van der Waals surface area contributed by atoms with Crippen molar-refractivity contribution in [1.29, 1.82) is 0 Å². The van der Waals surface area contributed by atoms with Gasteiger partial charge in [-0.1, -0.05) is 109 Å². The average molecular weight is 346 g/mol. The van der Waals surface area contributed by atoms with Gasteiger partial charge in [0.1, 0.15) is 0 Å². The fourth-order valence-electron chi connectivity index (χ4n) is 3.53. The van der Waals surface area contributed by atoms with Gasteiger partial charge in [-0.25, -0.2) is 0 Å². The van der Waals surface area contributed by atoms with Crippen LogP contribution in [-0.4, -0.2) is 13.1 Å². The summed E-state index contributed by atoms with van der Waals surface area (Å²) in [7, 11) is 0. The van der Waals surface area contributed by atoms with E-state index in [-0.39, 0.29) is 0 Å². The molecule has 144 valence electrons. The highest BCUT2D eigenvalue weighted by molar-refractivity contribution is 5.45. The van der Waals surface area contributed by atoms with Crippen LogP contribution in [0.1, 0.15) is 104 Å². The second kappa shape index (κ2) is 16.5. The molecule has 0 saturated carbocycles. The molecule has 0 aliphatic rings. The van der Waals surface area contributed by atoms with Crippen LogP contribution in [0.4, 0.5) is 5.69 Å². The van der Waals surface area contributed by atoms with Crippen LogP contribution in [0, 0.1) is 0 Å². The third kappa shape index (κ3) is 12.1. The molecule has 1 nitrogen and oxygen atoms in total. The molecule has 0 aliphatic heterocycles. The maximum atomic E-state index is 2.62. The van der Waals surface area contributed by atoms with Crippen LogP contribution >= 0.6 is 0 Å². The lowest BCUT2D eigenvalue weighted by atomic mass is 10.1. The number of hydrogen-bond donors (Lipinski definition) is 0. The Morgan fingerprint density at radius 2 is 0.920 bits per heavy atom. The van der Waals surface area contributed by atoms with E-state index in [2.05, 4.69) is 49.1 Å². The van der Waals surface area contributed by atoms with Gasteiger partial charge in [-0.2, -0.15) is 0 Å². The lowest BCUT2D eigenvalue weighted by Gasteiger charge is -2.25. The first kappa shape index (κ1) is 22.1. The summed E-state index contributed by atoms with van der Waals surface area (Å²) in [6.45, 7) is 7.05. The largest absolute Gasteiger partial charge is 0.372 e. The van der Waals surface area contributed by atoms with Gasteiger partial charge in [0.2, 0.25) is 0 Å². The minimum atomic E-state index is 1.23. The minimum absolute atomic E-state index is 1.23. The Bertz CT molecular complexity index is 373. The molecule has 0 spiro atoms. The van der Waals surface area contributed by atoms with Crippen molar-refractivity contribution in [3.8, 4) is 0 Å².